The first-order valence-electron chi connectivity index (χ1n) is 6.66. The average molecular weight is 257 g/mol. The largest absolute Gasteiger partial charge is 0.383 e. The van der Waals surface area contributed by atoms with Crippen LogP contribution < -0.4 is 5.73 Å². The van der Waals surface area contributed by atoms with E-state index >= 15 is 0 Å². The lowest BCUT2D eigenvalue weighted by Crippen LogP contribution is -2.22. The van der Waals surface area contributed by atoms with Gasteiger partial charge >= 0.3 is 0 Å². The summed E-state index contributed by atoms with van der Waals surface area (Å²) in [6.07, 6.45) is 1.53. The predicted octanol–water partition coefficient (Wildman–Crippen LogP) is 3.81. The van der Waals surface area contributed by atoms with Gasteiger partial charge in [0.1, 0.15) is 12.1 Å². The molecule has 0 unspecified atom stereocenters. The number of benzene rings is 1. The molecule has 3 nitrogen and oxygen atoms in total. The first kappa shape index (κ1) is 13.8. The Bertz CT molecular complexity index is 616. The first-order chi connectivity index (χ1) is 8.60. The molecule has 0 aliphatic carbocycles. The lowest BCUT2D eigenvalue weighted by molar-refractivity contribution is 0.531. The van der Waals surface area contributed by atoms with Crippen molar-refractivity contribution < 1.29 is 0 Å². The van der Waals surface area contributed by atoms with Crippen molar-refractivity contribution in [3.8, 4) is 0 Å². The Kier molecular flexibility index (Phi) is 3.04. The summed E-state index contributed by atoms with van der Waals surface area (Å²) in [5, 5.41) is 0.945. The fourth-order valence-electron chi connectivity index (χ4n) is 2.36. The van der Waals surface area contributed by atoms with E-state index in [-0.39, 0.29) is 10.8 Å². The number of hydrogen-bond acceptors (Lipinski definition) is 3. The second kappa shape index (κ2) is 4.19. The van der Waals surface area contributed by atoms with Gasteiger partial charge in [-0.25, -0.2) is 9.97 Å². The van der Waals surface area contributed by atoms with E-state index in [1.54, 1.807) is 0 Å². The Hall–Kier alpha value is -1.64. The maximum absolute atomic E-state index is 5.98. The van der Waals surface area contributed by atoms with E-state index in [1.807, 2.05) is 0 Å². The van der Waals surface area contributed by atoms with Crippen LogP contribution in [0.3, 0.4) is 0 Å². The Morgan fingerprint density at radius 2 is 1.37 bits per heavy atom. The van der Waals surface area contributed by atoms with Crippen LogP contribution in [0.2, 0.25) is 0 Å². The van der Waals surface area contributed by atoms with Crippen molar-refractivity contribution in [2.24, 2.45) is 0 Å². The summed E-state index contributed by atoms with van der Waals surface area (Å²) >= 11 is 0. The molecule has 19 heavy (non-hydrogen) atoms. The molecule has 1 aromatic heterocycles. The fraction of sp³-hybridized carbons (Fsp3) is 0.500. The second-order valence-electron chi connectivity index (χ2n) is 7.17. The second-order valence-corrected chi connectivity index (χ2v) is 7.17. The molecule has 0 bridgehead atoms. The van der Waals surface area contributed by atoms with Crippen LogP contribution in [-0.4, -0.2) is 9.97 Å². The zero-order valence-corrected chi connectivity index (χ0v) is 12.7. The van der Waals surface area contributed by atoms with Crippen molar-refractivity contribution in [3.63, 3.8) is 0 Å². The highest BCUT2D eigenvalue weighted by atomic mass is 14.9. The predicted molar refractivity (Wildman–Crippen MR) is 81.4 cm³/mol. The van der Waals surface area contributed by atoms with Gasteiger partial charge in [0.05, 0.1) is 5.52 Å². The monoisotopic (exact) mass is 257 g/mol. The molecule has 0 amide bonds. The number of hydrogen-bond donors (Lipinski definition) is 1. The van der Waals surface area contributed by atoms with Crippen molar-refractivity contribution in [1.29, 1.82) is 0 Å². The molecule has 2 N–H and O–H groups in total. The Morgan fingerprint density at radius 1 is 0.842 bits per heavy atom. The molecule has 1 aromatic carbocycles. The molecule has 0 aliphatic heterocycles. The molecule has 102 valence electrons. The molecule has 1 heterocycles. The Labute approximate surface area is 115 Å². The molecule has 0 fully saturated rings. The van der Waals surface area contributed by atoms with Gasteiger partial charge in [-0.1, -0.05) is 41.5 Å². The number of nitrogen functional groups attached to an aromatic ring is 1. The molecule has 0 spiro atoms. The zero-order valence-electron chi connectivity index (χ0n) is 12.7. The minimum Gasteiger partial charge on any atom is -0.383 e. The van der Waals surface area contributed by atoms with Gasteiger partial charge in [0, 0.05) is 5.39 Å². The van der Waals surface area contributed by atoms with E-state index < -0.39 is 0 Å². The van der Waals surface area contributed by atoms with Crippen LogP contribution in [0, 0.1) is 0 Å². The van der Waals surface area contributed by atoms with Crippen LogP contribution in [0.25, 0.3) is 10.9 Å². The summed E-state index contributed by atoms with van der Waals surface area (Å²) in [4.78, 5) is 8.44. The maximum atomic E-state index is 5.98. The number of fused-ring (bicyclic) bond motifs is 1. The van der Waals surface area contributed by atoms with Gasteiger partial charge in [0.2, 0.25) is 0 Å². The highest BCUT2D eigenvalue weighted by molar-refractivity contribution is 5.89. The molecule has 0 saturated heterocycles. The van der Waals surface area contributed by atoms with Gasteiger partial charge in [0.25, 0.3) is 0 Å². The Morgan fingerprint density at radius 3 is 1.89 bits per heavy atom. The van der Waals surface area contributed by atoms with Gasteiger partial charge in [-0.2, -0.15) is 0 Å². The van der Waals surface area contributed by atoms with Crippen LogP contribution in [0.5, 0.6) is 0 Å². The van der Waals surface area contributed by atoms with Crippen molar-refractivity contribution in [3.05, 3.63) is 29.6 Å². The third-order valence-electron chi connectivity index (χ3n) is 3.42. The third-order valence-corrected chi connectivity index (χ3v) is 3.42. The standard InChI is InChI=1S/C16H23N3/c1-15(2,3)11-7-10-13(18-9-19-14(10)17)8-12(11)16(4,5)6/h7-9H,1-6H3,(H2,17,18,19). The number of nitrogens with two attached hydrogens (primary N) is 1. The first-order valence-corrected chi connectivity index (χ1v) is 6.66. The SMILES string of the molecule is CC(C)(C)c1cc2ncnc(N)c2cc1C(C)(C)C. The van der Waals surface area contributed by atoms with Crippen LogP contribution >= 0.6 is 0 Å². The molecular weight excluding hydrogens is 234 g/mol. The normalized spacial score (nSPS) is 12.9. The maximum Gasteiger partial charge on any atom is 0.134 e. The van der Waals surface area contributed by atoms with Crippen LogP contribution in [0.1, 0.15) is 52.7 Å². The van der Waals surface area contributed by atoms with Crippen LogP contribution in [0.15, 0.2) is 18.5 Å². The fourth-order valence-corrected chi connectivity index (χ4v) is 2.36. The highest BCUT2D eigenvalue weighted by Gasteiger charge is 2.26. The molecule has 0 aliphatic rings. The van der Waals surface area contributed by atoms with Crippen molar-refractivity contribution in [2.75, 3.05) is 5.73 Å². The summed E-state index contributed by atoms with van der Waals surface area (Å²) in [6.45, 7) is 13.4. The summed E-state index contributed by atoms with van der Waals surface area (Å²) in [5.74, 6) is 0.552. The smallest absolute Gasteiger partial charge is 0.134 e. The van der Waals surface area contributed by atoms with Crippen molar-refractivity contribution in [2.45, 2.75) is 52.4 Å². The van der Waals surface area contributed by atoms with Crippen molar-refractivity contribution in [1.82, 2.24) is 9.97 Å². The summed E-state index contributed by atoms with van der Waals surface area (Å²) in [7, 11) is 0. The van der Waals surface area contributed by atoms with E-state index in [1.165, 1.54) is 17.5 Å². The number of nitrogens with zero attached hydrogens (tertiary/aromatic N) is 2. The van der Waals surface area contributed by atoms with Crippen LogP contribution in [-0.2, 0) is 10.8 Å². The minimum absolute atomic E-state index is 0.0685. The molecule has 0 radical (unpaired) electrons. The number of rotatable bonds is 0. The van der Waals surface area contributed by atoms with Gasteiger partial charge < -0.3 is 5.73 Å². The quantitative estimate of drug-likeness (QED) is 0.780. The van der Waals surface area contributed by atoms with E-state index in [2.05, 4.69) is 63.6 Å². The molecule has 3 heteroatoms. The van der Waals surface area contributed by atoms with Crippen molar-refractivity contribution >= 4 is 16.7 Å². The molecule has 2 aromatic rings. The van der Waals surface area contributed by atoms with E-state index in [0.717, 1.165) is 10.9 Å². The minimum atomic E-state index is 0.0685. The van der Waals surface area contributed by atoms with Gasteiger partial charge in [-0.15, -0.1) is 0 Å². The lowest BCUT2D eigenvalue weighted by Gasteiger charge is -2.30. The highest BCUT2D eigenvalue weighted by Crippen LogP contribution is 2.36. The van der Waals surface area contributed by atoms with E-state index in [0.29, 0.717) is 5.82 Å². The number of anilines is 1. The number of aromatic nitrogens is 2. The zero-order chi connectivity index (χ0) is 14.4. The summed E-state index contributed by atoms with van der Waals surface area (Å²) in [6, 6.07) is 4.32. The van der Waals surface area contributed by atoms with E-state index in [4.69, 9.17) is 5.73 Å². The molecule has 2 rings (SSSR count). The molecule has 0 atom stereocenters. The summed E-state index contributed by atoms with van der Waals surface area (Å²) < 4.78 is 0. The van der Waals surface area contributed by atoms with E-state index in [9.17, 15) is 0 Å². The van der Waals surface area contributed by atoms with Gasteiger partial charge in [0.15, 0.2) is 0 Å². The van der Waals surface area contributed by atoms with Crippen LogP contribution in [0.4, 0.5) is 5.82 Å². The average Bonchev–Trinajstić information content (AvgIpc) is 2.25. The van der Waals surface area contributed by atoms with Gasteiger partial charge in [-0.3, -0.25) is 0 Å². The van der Waals surface area contributed by atoms with Gasteiger partial charge in [-0.05, 0) is 34.1 Å². The topological polar surface area (TPSA) is 51.8 Å². The summed E-state index contributed by atoms with van der Waals surface area (Å²) in [5.41, 5.74) is 9.69. The lowest BCUT2D eigenvalue weighted by atomic mass is 9.75. The Balaban J connectivity index is 2.87. The molecular formula is C16H23N3. The molecule has 0 saturated carbocycles. The third kappa shape index (κ3) is 2.55.